The number of carboxylic acids is 1. The van der Waals surface area contributed by atoms with Crippen molar-refractivity contribution < 1.29 is 33.3 Å². The summed E-state index contributed by atoms with van der Waals surface area (Å²) >= 11 is 0. The van der Waals surface area contributed by atoms with Gasteiger partial charge in [-0.25, -0.2) is 9.59 Å². The molecule has 9 nitrogen and oxygen atoms in total. The van der Waals surface area contributed by atoms with E-state index in [2.05, 4.69) is 5.32 Å². The molecule has 1 fully saturated rings. The van der Waals surface area contributed by atoms with Gasteiger partial charge in [-0.3, -0.25) is 9.36 Å². The number of nitrogens with one attached hydrogen (secondary N) is 1. The number of carbonyl (C=O) groups excluding carboxylic acids is 2. The van der Waals surface area contributed by atoms with Crippen LogP contribution in [0, 0.1) is 0 Å². The number of amides is 2. The molecule has 1 aromatic carbocycles. The van der Waals surface area contributed by atoms with Gasteiger partial charge in [-0.05, 0) is 31.2 Å². The monoisotopic (exact) mass is 454 g/mol. The molecule has 0 saturated carbocycles. The summed E-state index contributed by atoms with van der Waals surface area (Å²) in [5.74, 6) is -1.44. The zero-order chi connectivity index (χ0) is 22.5. The number of alkyl carbamates (subject to hydrolysis) is 1. The molecule has 2 N–H and O–H groups in total. The summed E-state index contributed by atoms with van der Waals surface area (Å²) in [5, 5.41) is 11.8. The Morgan fingerprint density at radius 3 is 2.61 bits per heavy atom. The largest absolute Gasteiger partial charge is 0.480 e. The lowest BCUT2D eigenvalue weighted by Gasteiger charge is -2.21. The highest BCUT2D eigenvalue weighted by atomic mass is 31.1. The van der Waals surface area contributed by atoms with Gasteiger partial charge in [0, 0.05) is 13.1 Å². The van der Waals surface area contributed by atoms with Crippen LogP contribution in [-0.2, 0) is 30.0 Å². The maximum atomic E-state index is 12.1. The van der Waals surface area contributed by atoms with E-state index in [1.165, 1.54) is 4.90 Å². The summed E-state index contributed by atoms with van der Waals surface area (Å²) in [6.45, 7) is 1.43. The van der Waals surface area contributed by atoms with E-state index in [0.29, 0.717) is 39.0 Å². The average molecular weight is 454 g/mol. The van der Waals surface area contributed by atoms with E-state index in [1.54, 1.807) is 0 Å². The van der Waals surface area contributed by atoms with Crippen LogP contribution >= 0.6 is 8.03 Å². The average Bonchev–Trinajstić information content (AvgIpc) is 3.25. The van der Waals surface area contributed by atoms with Crippen molar-refractivity contribution in [1.82, 2.24) is 10.2 Å². The van der Waals surface area contributed by atoms with E-state index in [-0.39, 0.29) is 12.8 Å². The topological polar surface area (TPSA) is 122 Å². The Balaban J connectivity index is 1.45. The SMILES string of the molecule is O=C(NCCCCCCO[PH](=O)CC(=O)N1CCC[C@H]1C(=O)O)OCc1ccccc1. The van der Waals surface area contributed by atoms with Gasteiger partial charge < -0.3 is 24.6 Å². The van der Waals surface area contributed by atoms with Crippen molar-refractivity contribution in [3.05, 3.63) is 35.9 Å². The second kappa shape index (κ2) is 13.8. The van der Waals surface area contributed by atoms with Crippen LogP contribution in [0.1, 0.15) is 44.1 Å². The summed E-state index contributed by atoms with van der Waals surface area (Å²) in [5.41, 5.74) is 0.931. The van der Waals surface area contributed by atoms with Crippen LogP contribution in [0.5, 0.6) is 0 Å². The standard InChI is InChI=1S/C21H31N2O7P/c24-19(23-13-8-11-18(23)20(25)26)16-31(28)30-14-7-2-1-6-12-22-21(27)29-15-17-9-4-3-5-10-17/h3-5,9-10,18,31H,1-2,6-8,11-16H2,(H,22,27)(H,25,26)/t18-/m0/s1. The zero-order valence-corrected chi connectivity index (χ0v) is 18.6. The Morgan fingerprint density at radius 2 is 1.87 bits per heavy atom. The summed E-state index contributed by atoms with van der Waals surface area (Å²) in [6, 6.07) is 8.64. The van der Waals surface area contributed by atoms with E-state index < -0.39 is 32.0 Å². The molecule has 10 heteroatoms. The molecule has 31 heavy (non-hydrogen) atoms. The van der Waals surface area contributed by atoms with Crippen LogP contribution < -0.4 is 5.32 Å². The third-order valence-corrected chi connectivity index (χ3v) is 6.09. The fourth-order valence-corrected chi connectivity index (χ4v) is 4.25. The first-order valence-electron chi connectivity index (χ1n) is 10.6. The first-order chi connectivity index (χ1) is 15.0. The Kier molecular flexibility index (Phi) is 11.1. The first-order valence-corrected chi connectivity index (χ1v) is 12.1. The highest BCUT2D eigenvalue weighted by Gasteiger charge is 2.34. The molecular formula is C21H31N2O7P. The minimum atomic E-state index is -2.52. The second-order valence-electron chi connectivity index (χ2n) is 7.38. The van der Waals surface area contributed by atoms with Crippen molar-refractivity contribution in [3.8, 4) is 0 Å². The minimum Gasteiger partial charge on any atom is -0.480 e. The minimum absolute atomic E-state index is 0.237. The second-order valence-corrected chi connectivity index (χ2v) is 8.77. The molecule has 1 aromatic rings. The van der Waals surface area contributed by atoms with Crippen molar-refractivity contribution in [2.24, 2.45) is 0 Å². The van der Waals surface area contributed by atoms with E-state index in [0.717, 1.165) is 24.8 Å². The van der Waals surface area contributed by atoms with Gasteiger partial charge in [0.15, 0.2) is 0 Å². The summed E-state index contributed by atoms with van der Waals surface area (Å²) in [7, 11) is -2.52. The fourth-order valence-electron chi connectivity index (χ4n) is 3.33. The van der Waals surface area contributed by atoms with Crippen molar-refractivity contribution in [2.75, 3.05) is 25.9 Å². The predicted molar refractivity (Wildman–Crippen MR) is 115 cm³/mol. The zero-order valence-electron chi connectivity index (χ0n) is 17.6. The third-order valence-electron chi connectivity index (χ3n) is 4.97. The number of hydrogen-bond donors (Lipinski definition) is 2. The molecule has 1 unspecified atom stereocenters. The number of carboxylic acid groups (broad SMARTS) is 1. The lowest BCUT2D eigenvalue weighted by atomic mass is 10.2. The van der Waals surface area contributed by atoms with E-state index >= 15 is 0 Å². The third kappa shape index (κ3) is 9.53. The number of unbranched alkanes of at least 4 members (excludes halogenated alkanes) is 3. The van der Waals surface area contributed by atoms with Crippen LogP contribution in [0.25, 0.3) is 0 Å². The normalized spacial score (nSPS) is 16.6. The first kappa shape index (κ1) is 24.9. The molecule has 172 valence electrons. The van der Waals surface area contributed by atoms with E-state index in [4.69, 9.17) is 14.4 Å². The number of carbonyl (C=O) groups is 3. The van der Waals surface area contributed by atoms with Gasteiger partial charge in [-0.1, -0.05) is 43.2 Å². The number of nitrogens with zero attached hydrogens (tertiary/aromatic N) is 1. The van der Waals surface area contributed by atoms with Crippen molar-refractivity contribution in [3.63, 3.8) is 0 Å². The molecule has 1 aliphatic rings. The lowest BCUT2D eigenvalue weighted by molar-refractivity contribution is -0.147. The molecule has 2 amide bonds. The predicted octanol–water partition coefficient (Wildman–Crippen LogP) is 3.04. The van der Waals surface area contributed by atoms with Crippen LogP contribution in [0.4, 0.5) is 4.79 Å². The van der Waals surface area contributed by atoms with E-state index in [1.807, 2.05) is 30.3 Å². The smallest absolute Gasteiger partial charge is 0.407 e. The van der Waals surface area contributed by atoms with Crippen molar-refractivity contribution in [2.45, 2.75) is 51.2 Å². The molecule has 0 bridgehead atoms. The molecule has 1 heterocycles. The molecule has 0 radical (unpaired) electrons. The van der Waals surface area contributed by atoms with Crippen molar-refractivity contribution in [1.29, 1.82) is 0 Å². The van der Waals surface area contributed by atoms with E-state index in [9.17, 15) is 18.9 Å². The van der Waals surface area contributed by atoms with Gasteiger partial charge in [0.1, 0.15) is 18.8 Å². The van der Waals surface area contributed by atoms with Gasteiger partial charge in [-0.15, -0.1) is 0 Å². The van der Waals surface area contributed by atoms with Gasteiger partial charge in [0.2, 0.25) is 13.9 Å². The van der Waals surface area contributed by atoms with Gasteiger partial charge in [0.25, 0.3) is 0 Å². The molecule has 0 spiro atoms. The van der Waals surface area contributed by atoms with Crippen LogP contribution in [-0.4, -0.2) is 59.9 Å². The molecular weight excluding hydrogens is 423 g/mol. The Labute approximate surface area is 183 Å². The number of ether oxygens (including phenoxy) is 1. The Hall–Kier alpha value is -2.38. The lowest BCUT2D eigenvalue weighted by Crippen LogP contribution is -2.41. The number of benzene rings is 1. The van der Waals surface area contributed by atoms with Crippen LogP contribution in [0.15, 0.2) is 30.3 Å². The quantitative estimate of drug-likeness (QED) is 0.347. The summed E-state index contributed by atoms with van der Waals surface area (Å²) < 4.78 is 22.3. The fraction of sp³-hybridized carbons (Fsp3) is 0.571. The van der Waals surface area contributed by atoms with Crippen LogP contribution in [0.3, 0.4) is 0 Å². The highest BCUT2D eigenvalue weighted by molar-refractivity contribution is 7.40. The van der Waals surface area contributed by atoms with Gasteiger partial charge >= 0.3 is 12.1 Å². The van der Waals surface area contributed by atoms with Gasteiger partial charge in [-0.2, -0.15) is 0 Å². The van der Waals surface area contributed by atoms with Crippen LogP contribution in [0.2, 0.25) is 0 Å². The van der Waals surface area contributed by atoms with Gasteiger partial charge in [0.05, 0.1) is 6.61 Å². The molecule has 1 saturated heterocycles. The molecule has 0 aromatic heterocycles. The highest BCUT2D eigenvalue weighted by Crippen LogP contribution is 2.26. The molecule has 1 aliphatic heterocycles. The summed E-state index contributed by atoms with van der Waals surface area (Å²) in [4.78, 5) is 36.2. The number of aliphatic carboxylic acids is 1. The maximum absolute atomic E-state index is 12.1. The Bertz CT molecular complexity index is 745. The molecule has 0 aliphatic carbocycles. The van der Waals surface area contributed by atoms with Crippen molar-refractivity contribution >= 4 is 26.0 Å². The number of rotatable bonds is 13. The number of likely N-dealkylation sites (tertiary alicyclic amines) is 1. The molecule has 2 atom stereocenters. The Morgan fingerprint density at radius 1 is 1.13 bits per heavy atom. The maximum Gasteiger partial charge on any atom is 0.407 e. The molecule has 2 rings (SSSR count). The summed E-state index contributed by atoms with van der Waals surface area (Å²) in [6.07, 6.45) is 3.59. The number of hydrogen-bond acceptors (Lipinski definition) is 6.